The van der Waals surface area contributed by atoms with Crippen molar-refractivity contribution in [1.29, 1.82) is 0 Å². The molecule has 1 atom stereocenters. The molecule has 2 aromatic carbocycles. The summed E-state index contributed by atoms with van der Waals surface area (Å²) in [5, 5.41) is 3.92. The normalized spacial score (nSPS) is 12.0. The van der Waals surface area contributed by atoms with E-state index < -0.39 is 6.10 Å². The van der Waals surface area contributed by atoms with Crippen LogP contribution in [0.1, 0.15) is 12.5 Å². The summed E-state index contributed by atoms with van der Waals surface area (Å²) >= 11 is 3.34. The highest BCUT2D eigenvalue weighted by atomic mass is 79.9. The van der Waals surface area contributed by atoms with Gasteiger partial charge in [-0.2, -0.15) is 5.10 Å². The number of carbonyl (C=O) groups is 1. The molecule has 120 valence electrons. The molecule has 0 heterocycles. The van der Waals surface area contributed by atoms with Crippen LogP contribution >= 0.6 is 15.9 Å². The summed E-state index contributed by atoms with van der Waals surface area (Å²) in [6, 6.07) is 14.6. The number of ether oxygens (including phenoxy) is 2. The number of halogens is 1. The Morgan fingerprint density at radius 1 is 1.13 bits per heavy atom. The highest BCUT2D eigenvalue weighted by Crippen LogP contribution is 2.17. The lowest BCUT2D eigenvalue weighted by atomic mass is 10.2. The first kappa shape index (κ1) is 17.0. The standard InChI is InChI=1S/C17H17BrN2O3/c1-12(23-16-9-5-14(18)6-10-16)17(21)20-19-11-13-3-7-15(22-2)8-4-13/h3-12H,1-2H3,(H,20,21)/b19-11+. The number of benzene rings is 2. The number of methoxy groups -OCH3 is 1. The fraction of sp³-hybridized carbons (Fsp3) is 0.176. The van der Waals surface area contributed by atoms with Crippen LogP contribution < -0.4 is 14.9 Å². The lowest BCUT2D eigenvalue weighted by molar-refractivity contribution is -0.127. The van der Waals surface area contributed by atoms with Gasteiger partial charge in [0.25, 0.3) is 5.91 Å². The van der Waals surface area contributed by atoms with Crippen molar-refractivity contribution in [3.05, 3.63) is 58.6 Å². The maximum atomic E-state index is 11.9. The summed E-state index contributed by atoms with van der Waals surface area (Å²) in [5.41, 5.74) is 3.31. The van der Waals surface area contributed by atoms with E-state index in [1.54, 1.807) is 32.4 Å². The minimum atomic E-state index is -0.649. The van der Waals surface area contributed by atoms with Gasteiger partial charge in [-0.25, -0.2) is 5.43 Å². The molecule has 23 heavy (non-hydrogen) atoms. The number of amides is 1. The second-order valence-corrected chi connectivity index (χ2v) is 5.64. The lowest BCUT2D eigenvalue weighted by Crippen LogP contribution is -2.33. The number of carbonyl (C=O) groups excluding carboxylic acids is 1. The molecule has 0 spiro atoms. The number of hydrogen-bond donors (Lipinski definition) is 1. The number of hydrazone groups is 1. The van der Waals surface area contributed by atoms with E-state index in [-0.39, 0.29) is 5.91 Å². The van der Waals surface area contributed by atoms with Crippen LogP contribution in [0.3, 0.4) is 0 Å². The first-order valence-electron chi connectivity index (χ1n) is 6.97. The zero-order valence-electron chi connectivity index (χ0n) is 12.8. The SMILES string of the molecule is COc1ccc(/C=N/NC(=O)C(C)Oc2ccc(Br)cc2)cc1. The van der Waals surface area contributed by atoms with Crippen molar-refractivity contribution in [1.82, 2.24) is 5.43 Å². The van der Waals surface area contributed by atoms with Gasteiger partial charge in [0.05, 0.1) is 13.3 Å². The molecule has 1 amide bonds. The molecular formula is C17H17BrN2O3. The van der Waals surface area contributed by atoms with Gasteiger partial charge < -0.3 is 9.47 Å². The molecule has 6 heteroatoms. The average Bonchev–Trinajstić information content (AvgIpc) is 2.57. The minimum absolute atomic E-state index is 0.322. The summed E-state index contributed by atoms with van der Waals surface area (Å²) in [6.07, 6.45) is 0.910. The Hall–Kier alpha value is -2.34. The molecule has 2 aromatic rings. The van der Waals surface area contributed by atoms with Gasteiger partial charge in [0.15, 0.2) is 6.10 Å². The van der Waals surface area contributed by atoms with Gasteiger partial charge in [0.2, 0.25) is 0 Å². The van der Waals surface area contributed by atoms with E-state index >= 15 is 0 Å². The lowest BCUT2D eigenvalue weighted by Gasteiger charge is -2.12. The van der Waals surface area contributed by atoms with E-state index in [1.165, 1.54) is 0 Å². The summed E-state index contributed by atoms with van der Waals surface area (Å²) in [4.78, 5) is 11.9. The van der Waals surface area contributed by atoms with Crippen molar-refractivity contribution >= 4 is 28.1 Å². The van der Waals surface area contributed by atoms with Gasteiger partial charge in [-0.05, 0) is 61.0 Å². The molecule has 0 saturated heterocycles. The van der Waals surface area contributed by atoms with Crippen molar-refractivity contribution in [3.8, 4) is 11.5 Å². The van der Waals surface area contributed by atoms with Crippen molar-refractivity contribution in [2.45, 2.75) is 13.0 Å². The first-order chi connectivity index (χ1) is 11.1. The monoisotopic (exact) mass is 376 g/mol. The maximum Gasteiger partial charge on any atom is 0.280 e. The Morgan fingerprint density at radius 2 is 1.74 bits per heavy atom. The van der Waals surface area contributed by atoms with Gasteiger partial charge in [-0.1, -0.05) is 15.9 Å². The van der Waals surface area contributed by atoms with Crippen molar-refractivity contribution < 1.29 is 14.3 Å². The van der Waals surface area contributed by atoms with E-state index in [9.17, 15) is 4.79 Å². The zero-order valence-corrected chi connectivity index (χ0v) is 14.4. The Bertz CT molecular complexity index is 669. The first-order valence-corrected chi connectivity index (χ1v) is 7.77. The highest BCUT2D eigenvalue weighted by molar-refractivity contribution is 9.10. The maximum absolute atomic E-state index is 11.9. The van der Waals surface area contributed by atoms with Crippen molar-refractivity contribution in [3.63, 3.8) is 0 Å². The quantitative estimate of drug-likeness (QED) is 0.620. The molecule has 0 aliphatic heterocycles. The summed E-state index contributed by atoms with van der Waals surface area (Å²) < 4.78 is 11.6. The van der Waals surface area contributed by atoms with Crippen LogP contribution in [0.15, 0.2) is 58.1 Å². The van der Waals surface area contributed by atoms with E-state index in [0.29, 0.717) is 5.75 Å². The van der Waals surface area contributed by atoms with Gasteiger partial charge in [0, 0.05) is 4.47 Å². The van der Waals surface area contributed by atoms with E-state index in [4.69, 9.17) is 9.47 Å². The predicted molar refractivity (Wildman–Crippen MR) is 93.0 cm³/mol. The predicted octanol–water partition coefficient (Wildman–Crippen LogP) is 3.38. The molecule has 2 rings (SSSR count). The zero-order chi connectivity index (χ0) is 16.7. The molecule has 0 fully saturated rings. The summed E-state index contributed by atoms with van der Waals surface area (Å²) in [7, 11) is 1.61. The van der Waals surface area contributed by atoms with E-state index in [0.717, 1.165) is 15.8 Å². The Balaban J connectivity index is 1.85. The average molecular weight is 377 g/mol. The Labute approximate surface area is 143 Å². The van der Waals surface area contributed by atoms with Gasteiger partial charge >= 0.3 is 0 Å². The van der Waals surface area contributed by atoms with Crippen LogP contribution in [-0.2, 0) is 4.79 Å². The third kappa shape index (κ3) is 5.41. The number of nitrogens with one attached hydrogen (secondary N) is 1. The fourth-order valence-corrected chi connectivity index (χ4v) is 1.99. The van der Waals surface area contributed by atoms with Crippen LogP contribution in [0, 0.1) is 0 Å². The molecule has 0 aromatic heterocycles. The number of nitrogens with zero attached hydrogens (tertiary/aromatic N) is 1. The largest absolute Gasteiger partial charge is 0.497 e. The van der Waals surface area contributed by atoms with Crippen LogP contribution in [0.5, 0.6) is 11.5 Å². The molecule has 0 radical (unpaired) electrons. The molecule has 1 unspecified atom stereocenters. The van der Waals surface area contributed by atoms with Crippen LogP contribution in [0.2, 0.25) is 0 Å². The van der Waals surface area contributed by atoms with Crippen molar-refractivity contribution in [2.24, 2.45) is 5.10 Å². The van der Waals surface area contributed by atoms with Crippen LogP contribution in [-0.4, -0.2) is 25.3 Å². The second kappa shape index (κ2) is 8.33. The smallest absolute Gasteiger partial charge is 0.280 e. The molecule has 0 aliphatic rings. The fourth-order valence-electron chi connectivity index (χ4n) is 1.72. The third-order valence-electron chi connectivity index (χ3n) is 3.00. The van der Waals surface area contributed by atoms with E-state index in [1.807, 2.05) is 36.4 Å². The third-order valence-corrected chi connectivity index (χ3v) is 3.53. The van der Waals surface area contributed by atoms with E-state index in [2.05, 4.69) is 26.5 Å². The topological polar surface area (TPSA) is 59.9 Å². The highest BCUT2D eigenvalue weighted by Gasteiger charge is 2.13. The van der Waals surface area contributed by atoms with Gasteiger partial charge in [-0.15, -0.1) is 0 Å². The molecule has 0 saturated carbocycles. The number of hydrogen-bond acceptors (Lipinski definition) is 4. The van der Waals surface area contributed by atoms with Gasteiger partial charge in [0.1, 0.15) is 11.5 Å². The van der Waals surface area contributed by atoms with Crippen LogP contribution in [0.25, 0.3) is 0 Å². The number of rotatable bonds is 6. The molecule has 0 bridgehead atoms. The molecule has 0 aliphatic carbocycles. The van der Waals surface area contributed by atoms with Crippen molar-refractivity contribution in [2.75, 3.05) is 7.11 Å². The molecule has 5 nitrogen and oxygen atoms in total. The summed E-state index contributed by atoms with van der Waals surface area (Å²) in [5.74, 6) is 1.07. The summed E-state index contributed by atoms with van der Waals surface area (Å²) in [6.45, 7) is 1.67. The van der Waals surface area contributed by atoms with Gasteiger partial charge in [-0.3, -0.25) is 4.79 Å². The second-order valence-electron chi connectivity index (χ2n) is 4.72. The Kier molecular flexibility index (Phi) is 6.17. The van der Waals surface area contributed by atoms with Crippen LogP contribution in [0.4, 0.5) is 0 Å². The minimum Gasteiger partial charge on any atom is -0.497 e. The Morgan fingerprint density at radius 3 is 2.35 bits per heavy atom. The molecule has 1 N–H and O–H groups in total. The molecular weight excluding hydrogens is 360 g/mol.